The van der Waals surface area contributed by atoms with Gasteiger partial charge in [-0.2, -0.15) is 0 Å². The number of carbonyl (C=O) groups excluding carboxylic acids is 1. The lowest BCUT2D eigenvalue weighted by molar-refractivity contribution is -0.135. The van der Waals surface area contributed by atoms with Gasteiger partial charge in [-0.3, -0.25) is 0 Å². The van der Waals surface area contributed by atoms with Gasteiger partial charge in [-0.05, 0) is 17.7 Å². The minimum atomic E-state index is -0.448. The van der Waals surface area contributed by atoms with Crippen molar-refractivity contribution in [3.63, 3.8) is 0 Å². The molecule has 0 aromatic heterocycles. The predicted molar refractivity (Wildman–Crippen MR) is 58.5 cm³/mol. The third-order valence-electron chi connectivity index (χ3n) is 2.19. The Morgan fingerprint density at radius 2 is 2.24 bits per heavy atom. The Balaban J connectivity index is 1.87. The topological polar surface area (TPSA) is 54.0 Å². The number of rotatable bonds is 4. The Kier molecular flexibility index (Phi) is 3.49. The van der Waals surface area contributed by atoms with Gasteiger partial charge in [0.1, 0.15) is 6.61 Å². The van der Waals surface area contributed by atoms with Crippen LogP contribution in [0.3, 0.4) is 0 Å². The highest BCUT2D eigenvalue weighted by Gasteiger charge is 2.12. The number of esters is 1. The average molecular weight is 236 g/mol. The van der Waals surface area contributed by atoms with Crippen LogP contribution in [0.4, 0.5) is 0 Å². The average Bonchev–Trinajstić information content (AvgIpc) is 2.81. The smallest absolute Gasteiger partial charge is 0.333 e. The second kappa shape index (κ2) is 5.25. The van der Waals surface area contributed by atoms with Crippen molar-refractivity contribution >= 4 is 5.97 Å². The highest BCUT2D eigenvalue weighted by Crippen LogP contribution is 2.32. The van der Waals surface area contributed by atoms with Crippen LogP contribution in [-0.4, -0.2) is 19.9 Å². The van der Waals surface area contributed by atoms with Crippen molar-refractivity contribution in [3.05, 3.63) is 36.1 Å². The Bertz CT molecular complexity index is 439. The molecule has 0 amide bonds. The second-order valence-electron chi connectivity index (χ2n) is 3.32. The molecule has 1 heterocycles. The van der Waals surface area contributed by atoms with E-state index in [1.54, 1.807) is 0 Å². The van der Waals surface area contributed by atoms with Gasteiger partial charge in [0.2, 0.25) is 6.79 Å². The molecule has 0 atom stereocenters. The lowest BCUT2D eigenvalue weighted by Gasteiger charge is -2.02. The monoisotopic (exact) mass is 236 g/mol. The third-order valence-corrected chi connectivity index (χ3v) is 2.19. The highest BCUT2D eigenvalue weighted by atomic mass is 16.7. The van der Waals surface area contributed by atoms with Crippen molar-refractivity contribution in [2.45, 2.75) is 6.61 Å². The molecule has 90 valence electrons. The number of hydrogen-bond acceptors (Lipinski definition) is 5. The zero-order valence-electron chi connectivity index (χ0n) is 9.34. The molecule has 0 saturated heterocycles. The van der Waals surface area contributed by atoms with Crippen LogP contribution in [0.25, 0.3) is 0 Å². The lowest BCUT2D eigenvalue weighted by Crippen LogP contribution is -1.94. The molecule has 0 radical (unpaired) electrons. The molecule has 0 aliphatic carbocycles. The lowest BCUT2D eigenvalue weighted by atomic mass is 10.2. The quantitative estimate of drug-likeness (QED) is 0.451. The molecule has 2 rings (SSSR count). The zero-order chi connectivity index (χ0) is 12.1. The van der Waals surface area contributed by atoms with Crippen LogP contribution in [0.5, 0.6) is 11.5 Å². The van der Waals surface area contributed by atoms with E-state index in [1.807, 2.05) is 18.2 Å². The van der Waals surface area contributed by atoms with E-state index in [0.29, 0.717) is 12.4 Å². The minimum Gasteiger partial charge on any atom is -0.496 e. The number of fused-ring (bicyclic) bond motifs is 1. The first-order chi connectivity index (χ1) is 8.29. The summed E-state index contributed by atoms with van der Waals surface area (Å²) in [6, 6.07) is 5.54. The van der Waals surface area contributed by atoms with E-state index in [0.717, 1.165) is 11.3 Å². The summed E-state index contributed by atoms with van der Waals surface area (Å²) in [4.78, 5) is 10.8. The zero-order valence-corrected chi connectivity index (χ0v) is 9.34. The van der Waals surface area contributed by atoms with Crippen molar-refractivity contribution in [1.82, 2.24) is 0 Å². The van der Waals surface area contributed by atoms with Crippen LogP contribution in [0.1, 0.15) is 5.56 Å². The van der Waals surface area contributed by atoms with Gasteiger partial charge in [-0.1, -0.05) is 6.07 Å². The van der Waals surface area contributed by atoms with Crippen LogP contribution in [-0.2, 0) is 20.9 Å². The molecule has 1 aromatic rings. The van der Waals surface area contributed by atoms with Crippen LogP contribution in [0.15, 0.2) is 30.5 Å². The first-order valence-corrected chi connectivity index (χ1v) is 5.04. The van der Waals surface area contributed by atoms with Gasteiger partial charge in [0.05, 0.1) is 19.4 Å². The van der Waals surface area contributed by atoms with Crippen LogP contribution < -0.4 is 9.47 Å². The summed E-state index contributed by atoms with van der Waals surface area (Å²) < 4.78 is 20.0. The molecule has 5 heteroatoms. The number of hydrogen-bond donors (Lipinski definition) is 0. The molecule has 0 bridgehead atoms. The Morgan fingerprint density at radius 3 is 3.06 bits per heavy atom. The van der Waals surface area contributed by atoms with Gasteiger partial charge >= 0.3 is 5.97 Å². The van der Waals surface area contributed by atoms with Crippen LogP contribution in [0.2, 0.25) is 0 Å². The predicted octanol–water partition coefficient (Wildman–Crippen LogP) is 1.62. The summed E-state index contributed by atoms with van der Waals surface area (Å²) in [5.74, 6) is 0.998. The van der Waals surface area contributed by atoms with Gasteiger partial charge in [-0.15, -0.1) is 0 Å². The fourth-order valence-corrected chi connectivity index (χ4v) is 1.35. The van der Waals surface area contributed by atoms with Gasteiger partial charge in [0.15, 0.2) is 11.5 Å². The van der Waals surface area contributed by atoms with E-state index in [1.165, 1.54) is 19.4 Å². The number of carbonyl (C=O) groups is 1. The first-order valence-electron chi connectivity index (χ1n) is 5.04. The summed E-state index contributed by atoms with van der Waals surface area (Å²) in [6.45, 7) is 0.603. The molecule has 0 N–H and O–H groups in total. The second-order valence-corrected chi connectivity index (χ2v) is 3.32. The Hall–Kier alpha value is -2.17. The molecular formula is C12H12O5. The van der Waals surface area contributed by atoms with E-state index in [2.05, 4.69) is 4.74 Å². The first kappa shape index (κ1) is 11.3. The van der Waals surface area contributed by atoms with Crippen molar-refractivity contribution in [1.29, 1.82) is 0 Å². The minimum absolute atomic E-state index is 0.252. The number of ether oxygens (including phenoxy) is 4. The Morgan fingerprint density at radius 1 is 1.41 bits per heavy atom. The molecule has 1 aromatic carbocycles. The Labute approximate surface area is 98.5 Å². The van der Waals surface area contributed by atoms with Crippen LogP contribution >= 0.6 is 0 Å². The van der Waals surface area contributed by atoms with E-state index >= 15 is 0 Å². The standard InChI is InChI=1S/C12H12O5/c1-14-12(13)4-5-15-7-9-2-3-10-11(6-9)17-8-16-10/h2-6H,7-8H2,1H3/b5-4+. The maximum atomic E-state index is 10.8. The molecule has 0 spiro atoms. The number of benzene rings is 1. The highest BCUT2D eigenvalue weighted by molar-refractivity contribution is 5.81. The molecular weight excluding hydrogens is 224 g/mol. The van der Waals surface area contributed by atoms with E-state index in [-0.39, 0.29) is 6.79 Å². The summed E-state index contributed by atoms with van der Waals surface area (Å²) >= 11 is 0. The van der Waals surface area contributed by atoms with Crippen molar-refractivity contribution in [2.75, 3.05) is 13.9 Å². The van der Waals surface area contributed by atoms with E-state index in [9.17, 15) is 4.79 Å². The van der Waals surface area contributed by atoms with Crippen LogP contribution in [0, 0.1) is 0 Å². The molecule has 5 nitrogen and oxygen atoms in total. The SMILES string of the molecule is COC(=O)/C=C/OCc1ccc2c(c1)OCO2. The van der Waals surface area contributed by atoms with E-state index in [4.69, 9.17) is 14.2 Å². The van der Waals surface area contributed by atoms with Crippen molar-refractivity contribution < 1.29 is 23.7 Å². The molecule has 0 fully saturated rings. The fourth-order valence-electron chi connectivity index (χ4n) is 1.35. The number of methoxy groups -OCH3 is 1. The summed E-state index contributed by atoms with van der Waals surface area (Å²) in [5.41, 5.74) is 0.934. The fraction of sp³-hybridized carbons (Fsp3) is 0.250. The molecule has 0 unspecified atom stereocenters. The van der Waals surface area contributed by atoms with Gasteiger partial charge in [0.25, 0.3) is 0 Å². The maximum absolute atomic E-state index is 10.8. The molecule has 0 saturated carbocycles. The molecule has 1 aliphatic rings. The largest absolute Gasteiger partial charge is 0.496 e. The molecule has 17 heavy (non-hydrogen) atoms. The summed E-state index contributed by atoms with van der Waals surface area (Å²) in [5, 5.41) is 0. The normalized spacial score (nSPS) is 12.8. The summed E-state index contributed by atoms with van der Waals surface area (Å²) in [7, 11) is 1.31. The van der Waals surface area contributed by atoms with Gasteiger partial charge in [-0.25, -0.2) is 4.79 Å². The maximum Gasteiger partial charge on any atom is 0.333 e. The van der Waals surface area contributed by atoms with Gasteiger partial charge < -0.3 is 18.9 Å². The van der Waals surface area contributed by atoms with Crippen molar-refractivity contribution in [3.8, 4) is 11.5 Å². The van der Waals surface area contributed by atoms with Gasteiger partial charge in [0, 0.05) is 0 Å². The molecule has 1 aliphatic heterocycles. The van der Waals surface area contributed by atoms with E-state index < -0.39 is 5.97 Å². The van der Waals surface area contributed by atoms with Crippen molar-refractivity contribution in [2.24, 2.45) is 0 Å². The third kappa shape index (κ3) is 2.90. The summed E-state index contributed by atoms with van der Waals surface area (Å²) in [6.07, 6.45) is 2.52.